The Bertz CT molecular complexity index is 832. The Labute approximate surface area is 159 Å². The zero-order valence-electron chi connectivity index (χ0n) is 14.9. The zero-order valence-corrected chi connectivity index (χ0v) is 15.7. The van der Waals surface area contributed by atoms with Gasteiger partial charge in [-0.1, -0.05) is 48.4 Å². The Morgan fingerprint density at radius 1 is 1.37 bits per heavy atom. The van der Waals surface area contributed by atoms with E-state index >= 15 is 0 Å². The number of anilines is 1. The number of amides is 1. The van der Waals surface area contributed by atoms with Gasteiger partial charge in [0.25, 0.3) is 5.91 Å². The maximum atomic E-state index is 13.7. The van der Waals surface area contributed by atoms with Gasteiger partial charge in [0.1, 0.15) is 10.8 Å². The van der Waals surface area contributed by atoms with Crippen LogP contribution in [0, 0.1) is 6.92 Å². The molecule has 146 valence electrons. The average molecular weight is 401 g/mol. The van der Waals surface area contributed by atoms with Crippen LogP contribution in [0.3, 0.4) is 0 Å². The molecule has 0 fully saturated rings. The number of nitrogens with one attached hydrogen (secondary N) is 2. The van der Waals surface area contributed by atoms with Crippen LogP contribution < -0.4 is 10.6 Å². The predicted molar refractivity (Wildman–Crippen MR) is 97.1 cm³/mol. The summed E-state index contributed by atoms with van der Waals surface area (Å²) in [5.41, 5.74) is 1.53. The van der Waals surface area contributed by atoms with E-state index in [1.54, 1.807) is 12.1 Å². The SMILES string of the molecule is CCCNC(=O)c1nn2c(c1Cl)NC(c1ccc(C)cc1)CC2C(F)(F)F. The number of rotatable bonds is 4. The summed E-state index contributed by atoms with van der Waals surface area (Å²) < 4.78 is 41.8. The molecule has 2 N–H and O–H groups in total. The first-order valence-electron chi connectivity index (χ1n) is 8.68. The minimum atomic E-state index is -4.52. The first kappa shape index (κ1) is 19.5. The molecule has 0 aliphatic carbocycles. The number of benzene rings is 1. The van der Waals surface area contributed by atoms with Gasteiger partial charge in [-0.2, -0.15) is 18.3 Å². The zero-order chi connectivity index (χ0) is 19.8. The molecular formula is C18H20ClF3N4O. The summed E-state index contributed by atoms with van der Waals surface area (Å²) in [6.07, 6.45) is -4.07. The molecule has 1 aliphatic heterocycles. The van der Waals surface area contributed by atoms with Crippen LogP contribution in [0.1, 0.15) is 53.5 Å². The van der Waals surface area contributed by atoms with Gasteiger partial charge in [-0.25, -0.2) is 4.68 Å². The molecule has 1 aromatic carbocycles. The van der Waals surface area contributed by atoms with Crippen molar-refractivity contribution in [3.05, 3.63) is 46.1 Å². The van der Waals surface area contributed by atoms with Gasteiger partial charge in [-0.05, 0) is 18.9 Å². The lowest BCUT2D eigenvalue weighted by Gasteiger charge is -2.33. The van der Waals surface area contributed by atoms with Gasteiger partial charge < -0.3 is 10.6 Å². The van der Waals surface area contributed by atoms with Gasteiger partial charge in [0.05, 0.1) is 6.04 Å². The number of aryl methyl sites for hydroxylation is 1. The van der Waals surface area contributed by atoms with E-state index < -0.39 is 24.2 Å². The Kier molecular flexibility index (Phi) is 5.37. The molecule has 0 radical (unpaired) electrons. The Hall–Kier alpha value is -2.22. The van der Waals surface area contributed by atoms with Crippen molar-refractivity contribution in [2.45, 2.75) is 44.9 Å². The van der Waals surface area contributed by atoms with Crippen molar-refractivity contribution in [1.29, 1.82) is 0 Å². The molecule has 0 saturated carbocycles. The van der Waals surface area contributed by atoms with Crippen LogP contribution in [0.5, 0.6) is 0 Å². The van der Waals surface area contributed by atoms with Crippen molar-refractivity contribution < 1.29 is 18.0 Å². The van der Waals surface area contributed by atoms with E-state index in [1.165, 1.54) is 0 Å². The Morgan fingerprint density at radius 3 is 2.63 bits per heavy atom. The van der Waals surface area contributed by atoms with E-state index in [-0.39, 0.29) is 23.0 Å². The molecule has 9 heteroatoms. The summed E-state index contributed by atoms with van der Waals surface area (Å²) in [5.74, 6) is -0.573. The van der Waals surface area contributed by atoms with Gasteiger partial charge in [-0.15, -0.1) is 0 Å². The lowest BCUT2D eigenvalue weighted by molar-refractivity contribution is -0.173. The van der Waals surface area contributed by atoms with Crippen molar-refractivity contribution in [3.63, 3.8) is 0 Å². The summed E-state index contributed by atoms with van der Waals surface area (Å²) in [6.45, 7) is 4.16. The lowest BCUT2D eigenvalue weighted by Crippen LogP contribution is -2.36. The van der Waals surface area contributed by atoms with Gasteiger partial charge >= 0.3 is 6.18 Å². The highest BCUT2D eigenvalue weighted by Gasteiger charge is 2.47. The van der Waals surface area contributed by atoms with Gasteiger partial charge in [0, 0.05) is 13.0 Å². The monoisotopic (exact) mass is 400 g/mol. The fourth-order valence-corrected chi connectivity index (χ4v) is 3.34. The highest BCUT2D eigenvalue weighted by Crippen LogP contribution is 2.46. The summed E-state index contributed by atoms with van der Waals surface area (Å²) in [4.78, 5) is 12.2. The fraction of sp³-hybridized carbons (Fsp3) is 0.444. The van der Waals surface area contributed by atoms with E-state index in [1.807, 2.05) is 26.0 Å². The number of hydrogen-bond donors (Lipinski definition) is 2. The third-order valence-corrected chi connectivity index (χ3v) is 4.88. The summed E-state index contributed by atoms with van der Waals surface area (Å²) in [6, 6.07) is 4.80. The van der Waals surface area contributed by atoms with E-state index in [0.29, 0.717) is 13.0 Å². The van der Waals surface area contributed by atoms with Crippen LogP contribution in [-0.4, -0.2) is 28.4 Å². The molecular weight excluding hydrogens is 381 g/mol. The van der Waals surface area contributed by atoms with Crippen LogP contribution >= 0.6 is 11.6 Å². The van der Waals surface area contributed by atoms with Gasteiger partial charge in [0.15, 0.2) is 11.7 Å². The molecule has 2 aromatic rings. The first-order chi connectivity index (χ1) is 12.7. The topological polar surface area (TPSA) is 59.0 Å². The van der Waals surface area contributed by atoms with Crippen molar-refractivity contribution in [1.82, 2.24) is 15.1 Å². The number of fused-ring (bicyclic) bond motifs is 1. The average Bonchev–Trinajstić information content (AvgIpc) is 2.95. The maximum Gasteiger partial charge on any atom is 0.410 e. The van der Waals surface area contributed by atoms with Crippen LogP contribution in [0.25, 0.3) is 0 Å². The van der Waals surface area contributed by atoms with Gasteiger partial charge in [0.2, 0.25) is 0 Å². The fourth-order valence-electron chi connectivity index (χ4n) is 3.07. The lowest BCUT2D eigenvalue weighted by atomic mass is 9.96. The molecule has 1 aliphatic rings. The summed E-state index contributed by atoms with van der Waals surface area (Å²) in [5, 5.41) is 9.40. The third kappa shape index (κ3) is 3.90. The number of carbonyl (C=O) groups is 1. The second kappa shape index (κ2) is 7.42. The Balaban J connectivity index is 2.01. The van der Waals surface area contributed by atoms with Crippen molar-refractivity contribution in [2.75, 3.05) is 11.9 Å². The molecule has 0 bridgehead atoms. The molecule has 27 heavy (non-hydrogen) atoms. The maximum absolute atomic E-state index is 13.7. The molecule has 3 rings (SSSR count). The van der Waals surface area contributed by atoms with Crippen molar-refractivity contribution >= 4 is 23.3 Å². The Morgan fingerprint density at radius 2 is 2.04 bits per heavy atom. The predicted octanol–water partition coefficient (Wildman–Crippen LogP) is 4.65. The molecule has 2 atom stereocenters. The van der Waals surface area contributed by atoms with Crippen LogP contribution in [0.15, 0.2) is 24.3 Å². The van der Waals surface area contributed by atoms with Crippen LogP contribution in [0.2, 0.25) is 5.02 Å². The highest BCUT2D eigenvalue weighted by atomic mass is 35.5. The number of hydrogen-bond acceptors (Lipinski definition) is 3. The van der Waals surface area contributed by atoms with Crippen molar-refractivity contribution in [2.24, 2.45) is 0 Å². The molecule has 0 saturated heterocycles. The summed E-state index contributed by atoms with van der Waals surface area (Å²) in [7, 11) is 0. The van der Waals surface area contributed by atoms with Gasteiger partial charge in [-0.3, -0.25) is 4.79 Å². The minimum absolute atomic E-state index is 0.0115. The number of aromatic nitrogens is 2. The third-order valence-electron chi connectivity index (χ3n) is 4.53. The number of nitrogens with zero attached hydrogens (tertiary/aromatic N) is 2. The minimum Gasteiger partial charge on any atom is -0.362 e. The standard InChI is InChI=1S/C18H20ClF3N4O/c1-3-8-23-17(27)15-14(19)16-24-12(11-6-4-10(2)5-7-11)9-13(18(20,21)22)26(16)25-15/h4-7,12-13,24H,3,8-9H2,1-2H3,(H,23,27). The number of carbonyl (C=O) groups excluding carboxylic acids is 1. The smallest absolute Gasteiger partial charge is 0.362 e. The number of halogens is 4. The van der Waals surface area contributed by atoms with E-state index in [0.717, 1.165) is 15.8 Å². The van der Waals surface area contributed by atoms with Crippen molar-refractivity contribution in [3.8, 4) is 0 Å². The van der Waals surface area contributed by atoms with Crippen LogP contribution in [0.4, 0.5) is 19.0 Å². The van der Waals surface area contributed by atoms with E-state index in [4.69, 9.17) is 11.6 Å². The highest BCUT2D eigenvalue weighted by molar-refractivity contribution is 6.36. The molecule has 2 unspecified atom stereocenters. The first-order valence-corrected chi connectivity index (χ1v) is 9.06. The van der Waals surface area contributed by atoms with E-state index in [9.17, 15) is 18.0 Å². The summed E-state index contributed by atoms with van der Waals surface area (Å²) >= 11 is 6.24. The molecule has 1 aromatic heterocycles. The quantitative estimate of drug-likeness (QED) is 0.785. The molecule has 1 amide bonds. The molecule has 5 nitrogen and oxygen atoms in total. The molecule has 0 spiro atoms. The second-order valence-corrected chi connectivity index (χ2v) is 6.99. The normalized spacial score (nSPS) is 19.3. The molecule has 2 heterocycles. The van der Waals surface area contributed by atoms with Crippen LogP contribution in [-0.2, 0) is 0 Å². The largest absolute Gasteiger partial charge is 0.410 e. The van der Waals surface area contributed by atoms with E-state index in [2.05, 4.69) is 15.7 Å². The number of alkyl halides is 3. The second-order valence-electron chi connectivity index (χ2n) is 6.61.